The SMILES string of the molecule is COCCSC1=C(SCCOC)SC(=C2SC(SC)=C(SC)S2)S1. The van der Waals surface area contributed by atoms with Gasteiger partial charge in [0.05, 0.1) is 38.6 Å². The minimum Gasteiger partial charge on any atom is -0.384 e. The fourth-order valence-electron chi connectivity index (χ4n) is 1.57. The number of hydrogen-bond acceptors (Lipinski definition) is 10. The summed E-state index contributed by atoms with van der Waals surface area (Å²) in [7, 11) is 3.52. The summed E-state index contributed by atoms with van der Waals surface area (Å²) in [6.45, 7) is 1.58. The lowest BCUT2D eigenvalue weighted by Crippen LogP contribution is -1.92. The maximum absolute atomic E-state index is 5.20. The summed E-state index contributed by atoms with van der Waals surface area (Å²) in [5, 5.41) is 0. The molecule has 0 aromatic rings. The molecular formula is C14H20O2S8. The minimum atomic E-state index is 0.791. The summed E-state index contributed by atoms with van der Waals surface area (Å²) in [6, 6.07) is 0. The molecule has 0 atom stereocenters. The molecule has 2 aliphatic rings. The predicted octanol–water partition coefficient (Wildman–Crippen LogP) is 6.81. The Balaban J connectivity index is 2.04. The Labute approximate surface area is 179 Å². The number of hydrogen-bond donors (Lipinski definition) is 0. The van der Waals surface area contributed by atoms with E-state index in [1.807, 2.05) is 94.1 Å². The third-order valence-corrected chi connectivity index (χ3v) is 13.9. The van der Waals surface area contributed by atoms with Crippen molar-refractivity contribution in [1.29, 1.82) is 0 Å². The van der Waals surface area contributed by atoms with E-state index in [1.54, 1.807) is 14.2 Å². The van der Waals surface area contributed by atoms with E-state index in [1.165, 1.54) is 25.4 Å². The fraction of sp³-hybridized carbons (Fsp3) is 0.571. The zero-order valence-corrected chi connectivity index (χ0v) is 20.4. The second-order valence-corrected chi connectivity index (χ2v) is 13.7. The van der Waals surface area contributed by atoms with Gasteiger partial charge in [-0.25, -0.2) is 0 Å². The van der Waals surface area contributed by atoms with Crippen LogP contribution in [0, 0.1) is 0 Å². The van der Waals surface area contributed by atoms with Crippen molar-refractivity contribution >= 4 is 94.1 Å². The largest absolute Gasteiger partial charge is 0.384 e. The van der Waals surface area contributed by atoms with Gasteiger partial charge in [-0.1, -0.05) is 47.0 Å². The van der Waals surface area contributed by atoms with Crippen molar-refractivity contribution in [2.75, 3.05) is 51.5 Å². The summed E-state index contributed by atoms with van der Waals surface area (Å²) >= 11 is 15.2. The first-order valence-electron chi connectivity index (χ1n) is 6.99. The van der Waals surface area contributed by atoms with Crippen molar-refractivity contribution in [3.05, 3.63) is 25.4 Å². The molecule has 0 fully saturated rings. The van der Waals surface area contributed by atoms with Crippen LogP contribution < -0.4 is 0 Å². The lowest BCUT2D eigenvalue weighted by Gasteiger charge is -2.04. The van der Waals surface area contributed by atoms with E-state index in [0.29, 0.717) is 0 Å². The van der Waals surface area contributed by atoms with Crippen LogP contribution in [0.5, 0.6) is 0 Å². The van der Waals surface area contributed by atoms with Gasteiger partial charge in [-0.05, 0) is 12.5 Å². The molecule has 2 nitrogen and oxygen atoms in total. The summed E-state index contributed by atoms with van der Waals surface area (Å²) in [6.07, 6.45) is 4.33. The highest BCUT2D eigenvalue weighted by molar-refractivity contribution is 8.45. The third kappa shape index (κ3) is 6.53. The molecule has 0 bridgehead atoms. The molecule has 2 heterocycles. The minimum absolute atomic E-state index is 0.791. The van der Waals surface area contributed by atoms with Gasteiger partial charge in [0.15, 0.2) is 0 Å². The van der Waals surface area contributed by atoms with Crippen LogP contribution in [0.1, 0.15) is 0 Å². The second kappa shape index (κ2) is 12.4. The number of rotatable bonds is 10. The Hall–Kier alpha value is 1.94. The zero-order chi connectivity index (χ0) is 17.4. The molecule has 0 unspecified atom stereocenters. The normalized spacial score (nSPS) is 18.5. The topological polar surface area (TPSA) is 18.5 Å². The van der Waals surface area contributed by atoms with Crippen molar-refractivity contribution in [3.8, 4) is 0 Å². The molecule has 136 valence electrons. The number of ether oxygens (including phenoxy) is 2. The highest BCUT2D eigenvalue weighted by Gasteiger charge is 2.29. The molecule has 0 amide bonds. The standard InChI is InChI=1S/C14H20O2S8/c1-15-5-7-19-11-12(20-8-6-16-2)24-14(23-11)13-21-9(17-3)10(18-4)22-13/h5-8H2,1-4H3. The quantitative estimate of drug-likeness (QED) is 0.311. The van der Waals surface area contributed by atoms with Crippen LogP contribution in [-0.4, -0.2) is 51.5 Å². The molecule has 0 radical (unpaired) electrons. The van der Waals surface area contributed by atoms with Crippen LogP contribution in [0.3, 0.4) is 0 Å². The molecule has 10 heteroatoms. The Morgan fingerprint density at radius 2 is 1.04 bits per heavy atom. The molecule has 0 N–H and O–H groups in total. The van der Waals surface area contributed by atoms with Gasteiger partial charge in [0.1, 0.15) is 0 Å². The van der Waals surface area contributed by atoms with Gasteiger partial charge in [-0.15, -0.1) is 47.0 Å². The summed E-state index contributed by atoms with van der Waals surface area (Å²) in [5.74, 6) is 2.00. The zero-order valence-electron chi connectivity index (χ0n) is 13.9. The van der Waals surface area contributed by atoms with Gasteiger partial charge in [0.2, 0.25) is 0 Å². The summed E-state index contributed by atoms with van der Waals surface area (Å²) in [4.78, 5) is 0. The van der Waals surface area contributed by atoms with Crippen molar-refractivity contribution in [1.82, 2.24) is 0 Å². The maximum atomic E-state index is 5.20. The van der Waals surface area contributed by atoms with Gasteiger partial charge >= 0.3 is 0 Å². The van der Waals surface area contributed by atoms with Crippen molar-refractivity contribution in [3.63, 3.8) is 0 Å². The van der Waals surface area contributed by atoms with E-state index < -0.39 is 0 Å². The van der Waals surface area contributed by atoms with Gasteiger partial charge in [-0.2, -0.15) is 0 Å². The number of methoxy groups -OCH3 is 2. The van der Waals surface area contributed by atoms with Crippen LogP contribution in [0.25, 0.3) is 0 Å². The highest BCUT2D eigenvalue weighted by atomic mass is 32.3. The lowest BCUT2D eigenvalue weighted by atomic mass is 10.9. The molecular weight excluding hydrogens is 457 g/mol. The molecule has 0 saturated heterocycles. The molecule has 0 aromatic carbocycles. The Bertz CT molecular complexity index is 487. The van der Waals surface area contributed by atoms with E-state index in [4.69, 9.17) is 9.47 Å². The first kappa shape index (κ1) is 22.2. The molecule has 0 saturated carbocycles. The fourth-order valence-corrected chi connectivity index (χ4v) is 12.7. The Kier molecular flexibility index (Phi) is 11.5. The molecule has 24 heavy (non-hydrogen) atoms. The third-order valence-electron chi connectivity index (χ3n) is 2.65. The van der Waals surface area contributed by atoms with Crippen LogP contribution in [0.4, 0.5) is 0 Å². The summed E-state index contributed by atoms with van der Waals surface area (Å²) in [5.41, 5.74) is 0. The molecule has 2 rings (SSSR count). The average molecular weight is 477 g/mol. The van der Waals surface area contributed by atoms with Crippen molar-refractivity contribution in [2.24, 2.45) is 0 Å². The molecule has 2 aliphatic heterocycles. The van der Waals surface area contributed by atoms with Crippen LogP contribution >= 0.6 is 94.1 Å². The van der Waals surface area contributed by atoms with Gasteiger partial charge in [-0.3, -0.25) is 0 Å². The highest BCUT2D eigenvalue weighted by Crippen LogP contribution is 2.65. The first-order chi connectivity index (χ1) is 11.7. The van der Waals surface area contributed by atoms with Gasteiger partial charge in [0, 0.05) is 25.7 Å². The lowest BCUT2D eigenvalue weighted by molar-refractivity contribution is 0.218. The van der Waals surface area contributed by atoms with E-state index in [0.717, 1.165) is 24.7 Å². The first-order valence-corrected chi connectivity index (χ1v) is 14.7. The van der Waals surface area contributed by atoms with Crippen molar-refractivity contribution in [2.45, 2.75) is 0 Å². The smallest absolute Gasteiger partial charge is 0.0717 e. The average Bonchev–Trinajstić information content (AvgIpc) is 3.19. The summed E-state index contributed by atoms with van der Waals surface area (Å²) < 4.78 is 19.0. The van der Waals surface area contributed by atoms with E-state index in [-0.39, 0.29) is 0 Å². The molecule has 0 spiro atoms. The predicted molar refractivity (Wildman–Crippen MR) is 127 cm³/mol. The monoisotopic (exact) mass is 476 g/mol. The van der Waals surface area contributed by atoms with Gasteiger partial charge in [0.25, 0.3) is 0 Å². The Morgan fingerprint density at radius 3 is 1.38 bits per heavy atom. The maximum Gasteiger partial charge on any atom is 0.0717 e. The van der Waals surface area contributed by atoms with E-state index in [9.17, 15) is 0 Å². The van der Waals surface area contributed by atoms with E-state index in [2.05, 4.69) is 12.5 Å². The molecule has 0 aromatic heterocycles. The van der Waals surface area contributed by atoms with E-state index >= 15 is 0 Å². The Morgan fingerprint density at radius 1 is 0.667 bits per heavy atom. The van der Waals surface area contributed by atoms with Crippen molar-refractivity contribution < 1.29 is 9.47 Å². The van der Waals surface area contributed by atoms with Gasteiger partial charge < -0.3 is 9.47 Å². The second-order valence-electron chi connectivity index (χ2n) is 4.22. The molecule has 0 aliphatic carbocycles. The van der Waals surface area contributed by atoms with Crippen LogP contribution in [0.2, 0.25) is 0 Å². The number of thioether (sulfide) groups is 8. The van der Waals surface area contributed by atoms with Crippen LogP contribution in [0.15, 0.2) is 25.4 Å². The van der Waals surface area contributed by atoms with Crippen LogP contribution in [-0.2, 0) is 9.47 Å².